The van der Waals surface area contributed by atoms with Crippen LogP contribution in [0.25, 0.3) is 10.8 Å². The molecule has 5 rings (SSSR count). The van der Waals surface area contributed by atoms with E-state index in [1.54, 1.807) is 36.4 Å². The van der Waals surface area contributed by atoms with E-state index in [2.05, 4.69) is 43.7 Å². The number of carbonyl (C=O) groups excluding carboxylic acids is 1. The molecule has 0 bridgehead atoms. The van der Waals surface area contributed by atoms with Crippen LogP contribution in [0.2, 0.25) is 0 Å². The Hall–Kier alpha value is -4.42. The number of nitrogens with one attached hydrogen (secondary N) is 1. The minimum atomic E-state index is -3.94. The van der Waals surface area contributed by atoms with Gasteiger partial charge in [-0.1, -0.05) is 118 Å². The van der Waals surface area contributed by atoms with Crippen LogP contribution in [0.1, 0.15) is 60.8 Å². The third-order valence-electron chi connectivity index (χ3n) is 7.66. The Balaban J connectivity index is 1.52. The molecule has 0 aliphatic carbocycles. The van der Waals surface area contributed by atoms with Crippen molar-refractivity contribution in [2.45, 2.75) is 50.6 Å². The van der Waals surface area contributed by atoms with Crippen LogP contribution in [0.4, 0.5) is 5.69 Å². The normalized spacial score (nSPS) is 12.6. The van der Waals surface area contributed by atoms with Crippen molar-refractivity contribution in [1.82, 2.24) is 4.90 Å². The maximum atomic E-state index is 14.4. The summed E-state index contributed by atoms with van der Waals surface area (Å²) in [6.07, 6.45) is 0. The molecular weight excluding hydrogens is 540 g/mol. The van der Waals surface area contributed by atoms with Gasteiger partial charge in [-0.05, 0) is 64.1 Å². The third kappa shape index (κ3) is 6.24. The lowest BCUT2D eigenvalue weighted by molar-refractivity contribution is 0.0676. The van der Waals surface area contributed by atoms with E-state index in [1.165, 1.54) is 0 Å². The van der Waals surface area contributed by atoms with E-state index in [0.717, 1.165) is 27.5 Å². The predicted molar refractivity (Wildman–Crippen MR) is 171 cm³/mol. The Labute approximate surface area is 248 Å². The van der Waals surface area contributed by atoms with Gasteiger partial charge < -0.3 is 4.90 Å². The summed E-state index contributed by atoms with van der Waals surface area (Å²) in [5.41, 5.74) is 3.47. The van der Waals surface area contributed by atoms with Crippen LogP contribution in [0.3, 0.4) is 0 Å². The predicted octanol–water partition coefficient (Wildman–Crippen LogP) is 8.34. The third-order valence-corrected chi connectivity index (χ3v) is 9.04. The molecule has 0 aliphatic heterocycles. The number of hydrogen-bond acceptors (Lipinski definition) is 3. The molecule has 0 saturated heterocycles. The van der Waals surface area contributed by atoms with Gasteiger partial charge >= 0.3 is 0 Å². The molecule has 0 aliphatic rings. The van der Waals surface area contributed by atoms with Crippen molar-refractivity contribution in [2.24, 2.45) is 0 Å². The van der Waals surface area contributed by atoms with Crippen molar-refractivity contribution >= 4 is 32.4 Å². The first-order chi connectivity index (χ1) is 20.0. The van der Waals surface area contributed by atoms with Crippen molar-refractivity contribution in [3.8, 4) is 0 Å². The van der Waals surface area contributed by atoms with Crippen molar-refractivity contribution in [3.05, 3.63) is 144 Å². The molecule has 0 aromatic heterocycles. The molecular formula is C36H36N2O3S. The lowest BCUT2D eigenvalue weighted by atomic mass is 9.87. The fourth-order valence-electron chi connectivity index (χ4n) is 5.16. The molecule has 1 amide bonds. The first kappa shape index (κ1) is 29.1. The van der Waals surface area contributed by atoms with E-state index in [9.17, 15) is 13.2 Å². The Morgan fingerprint density at radius 3 is 2.10 bits per heavy atom. The first-order valence-electron chi connectivity index (χ1n) is 14.1. The fourth-order valence-corrected chi connectivity index (χ4v) is 6.24. The molecule has 6 heteroatoms. The largest absolute Gasteiger partial charge is 0.327 e. The van der Waals surface area contributed by atoms with E-state index in [-0.39, 0.29) is 33.5 Å². The summed E-state index contributed by atoms with van der Waals surface area (Å²) < 4.78 is 29.6. The van der Waals surface area contributed by atoms with Crippen LogP contribution in [0, 0.1) is 0 Å². The Morgan fingerprint density at radius 1 is 0.762 bits per heavy atom. The highest BCUT2D eigenvalue weighted by molar-refractivity contribution is 7.92. The molecule has 42 heavy (non-hydrogen) atoms. The molecule has 1 N–H and O–H groups in total. The van der Waals surface area contributed by atoms with E-state index >= 15 is 0 Å². The second kappa shape index (κ2) is 11.8. The number of hydrogen-bond donors (Lipinski definition) is 1. The van der Waals surface area contributed by atoms with Gasteiger partial charge in [0.1, 0.15) is 0 Å². The zero-order chi connectivity index (χ0) is 29.9. The molecule has 0 unspecified atom stereocenters. The SMILES string of the molecule is C[C@@H](c1ccccc1)N(Cc1cccc2ccccc12)C(=O)c1ccccc1NS(=O)(=O)c1ccc(C(C)(C)C)cc1. The zero-order valence-electron chi connectivity index (χ0n) is 24.4. The van der Waals surface area contributed by atoms with E-state index in [0.29, 0.717) is 6.54 Å². The molecule has 0 fully saturated rings. The molecule has 214 valence electrons. The molecule has 0 heterocycles. The average Bonchev–Trinajstić information content (AvgIpc) is 2.99. The van der Waals surface area contributed by atoms with Gasteiger partial charge in [0.15, 0.2) is 0 Å². The number of para-hydroxylation sites is 1. The van der Waals surface area contributed by atoms with Gasteiger partial charge in [0.25, 0.3) is 15.9 Å². The lowest BCUT2D eigenvalue weighted by Gasteiger charge is -2.31. The molecule has 0 radical (unpaired) electrons. The van der Waals surface area contributed by atoms with E-state index in [1.807, 2.05) is 78.6 Å². The highest BCUT2D eigenvalue weighted by atomic mass is 32.2. The van der Waals surface area contributed by atoms with Crippen LogP contribution >= 0.6 is 0 Å². The number of rotatable bonds is 8. The minimum Gasteiger partial charge on any atom is -0.327 e. The van der Waals surface area contributed by atoms with E-state index < -0.39 is 10.0 Å². The first-order valence-corrected chi connectivity index (χ1v) is 15.6. The van der Waals surface area contributed by atoms with Gasteiger partial charge in [0.05, 0.1) is 22.2 Å². The lowest BCUT2D eigenvalue weighted by Crippen LogP contribution is -2.34. The van der Waals surface area contributed by atoms with Gasteiger partial charge in [-0.3, -0.25) is 9.52 Å². The van der Waals surface area contributed by atoms with Gasteiger partial charge in [-0.2, -0.15) is 0 Å². The Bertz CT molecular complexity index is 1800. The number of anilines is 1. The van der Waals surface area contributed by atoms with Crippen LogP contribution in [-0.2, 0) is 22.0 Å². The quantitative estimate of drug-likeness (QED) is 0.202. The maximum Gasteiger partial charge on any atom is 0.261 e. The summed E-state index contributed by atoms with van der Waals surface area (Å²) in [4.78, 5) is 16.3. The number of nitrogens with zero attached hydrogens (tertiary/aromatic N) is 1. The number of amides is 1. The number of carbonyl (C=O) groups is 1. The van der Waals surface area contributed by atoms with Crippen LogP contribution in [0.15, 0.2) is 126 Å². The maximum absolute atomic E-state index is 14.4. The van der Waals surface area contributed by atoms with Crippen LogP contribution in [0.5, 0.6) is 0 Å². The Kier molecular flexibility index (Phi) is 8.19. The number of benzene rings is 5. The van der Waals surface area contributed by atoms with Gasteiger partial charge in [-0.15, -0.1) is 0 Å². The summed E-state index contributed by atoms with van der Waals surface area (Å²) in [6, 6.07) is 37.5. The van der Waals surface area contributed by atoms with Crippen LogP contribution < -0.4 is 4.72 Å². The summed E-state index contributed by atoms with van der Waals surface area (Å²) in [6.45, 7) is 8.60. The number of fused-ring (bicyclic) bond motifs is 1. The standard InChI is InChI=1S/C36H36N2O3S/c1-26(27-13-6-5-7-14-27)38(25-29-17-12-16-28-15-8-9-18-32(28)29)35(39)33-19-10-11-20-34(33)37-42(40,41)31-23-21-30(22-24-31)36(2,3)4/h5-24,26,37H,25H2,1-4H3/t26-/m0/s1. The number of sulfonamides is 1. The fraction of sp³-hybridized carbons (Fsp3) is 0.194. The smallest absolute Gasteiger partial charge is 0.261 e. The molecule has 5 aromatic carbocycles. The molecule has 1 atom stereocenters. The topological polar surface area (TPSA) is 66.5 Å². The summed E-state index contributed by atoms with van der Waals surface area (Å²) >= 11 is 0. The van der Waals surface area contributed by atoms with E-state index in [4.69, 9.17) is 0 Å². The second-order valence-electron chi connectivity index (χ2n) is 11.6. The average molecular weight is 577 g/mol. The van der Waals surface area contributed by atoms with Crippen molar-refractivity contribution in [3.63, 3.8) is 0 Å². The summed E-state index contributed by atoms with van der Waals surface area (Å²) in [7, 11) is -3.94. The highest BCUT2D eigenvalue weighted by Crippen LogP contribution is 2.31. The highest BCUT2D eigenvalue weighted by Gasteiger charge is 2.27. The molecule has 0 spiro atoms. The van der Waals surface area contributed by atoms with Gasteiger partial charge in [0, 0.05) is 6.54 Å². The van der Waals surface area contributed by atoms with Gasteiger partial charge in [0.2, 0.25) is 0 Å². The minimum absolute atomic E-state index is 0.0995. The van der Waals surface area contributed by atoms with Crippen molar-refractivity contribution in [2.75, 3.05) is 4.72 Å². The molecule has 0 saturated carbocycles. The monoisotopic (exact) mass is 576 g/mol. The van der Waals surface area contributed by atoms with Crippen molar-refractivity contribution < 1.29 is 13.2 Å². The Morgan fingerprint density at radius 2 is 1.38 bits per heavy atom. The van der Waals surface area contributed by atoms with Gasteiger partial charge in [-0.25, -0.2) is 8.42 Å². The molecule has 5 aromatic rings. The zero-order valence-corrected chi connectivity index (χ0v) is 25.2. The van der Waals surface area contributed by atoms with Crippen molar-refractivity contribution in [1.29, 1.82) is 0 Å². The summed E-state index contributed by atoms with van der Waals surface area (Å²) in [5, 5.41) is 2.17. The second-order valence-corrected chi connectivity index (χ2v) is 13.3. The van der Waals surface area contributed by atoms with Crippen LogP contribution in [-0.4, -0.2) is 19.2 Å². The summed E-state index contributed by atoms with van der Waals surface area (Å²) in [5.74, 6) is -0.263. The molecule has 5 nitrogen and oxygen atoms in total.